The SMILES string of the molecule is COCCCNC(=O)C(C)NC(C)c1cccs1. The smallest absolute Gasteiger partial charge is 0.236 e. The maximum absolute atomic E-state index is 11.8. The van der Waals surface area contributed by atoms with Crippen molar-refractivity contribution < 1.29 is 9.53 Å². The summed E-state index contributed by atoms with van der Waals surface area (Å²) in [6.45, 7) is 5.29. The molecule has 0 spiro atoms. The summed E-state index contributed by atoms with van der Waals surface area (Å²) in [5.41, 5.74) is 0. The summed E-state index contributed by atoms with van der Waals surface area (Å²) in [5, 5.41) is 8.22. The Kier molecular flexibility index (Phi) is 6.93. The van der Waals surface area contributed by atoms with Gasteiger partial charge in [0.25, 0.3) is 0 Å². The highest BCUT2D eigenvalue weighted by atomic mass is 32.1. The molecule has 2 N–H and O–H groups in total. The second kappa shape index (κ2) is 8.24. The molecule has 1 amide bonds. The second-order valence-electron chi connectivity index (χ2n) is 4.26. The minimum Gasteiger partial charge on any atom is -0.385 e. The summed E-state index contributed by atoms with van der Waals surface area (Å²) in [4.78, 5) is 13.0. The number of methoxy groups -OCH3 is 1. The molecule has 5 heteroatoms. The minimum atomic E-state index is -0.190. The van der Waals surface area contributed by atoms with Crippen LogP contribution in [0.1, 0.15) is 31.2 Å². The van der Waals surface area contributed by atoms with Crippen molar-refractivity contribution in [1.82, 2.24) is 10.6 Å². The largest absolute Gasteiger partial charge is 0.385 e. The monoisotopic (exact) mass is 270 g/mol. The van der Waals surface area contributed by atoms with Gasteiger partial charge >= 0.3 is 0 Å². The van der Waals surface area contributed by atoms with Crippen LogP contribution in [-0.4, -0.2) is 32.2 Å². The standard InChI is InChI=1S/C13H22N2O2S/c1-10(12-6-4-9-18-12)15-11(2)13(16)14-7-5-8-17-3/h4,6,9-11,15H,5,7-8H2,1-3H3,(H,14,16). The highest BCUT2D eigenvalue weighted by Gasteiger charge is 2.15. The second-order valence-corrected chi connectivity index (χ2v) is 5.24. The number of rotatable bonds is 8. The zero-order valence-electron chi connectivity index (χ0n) is 11.2. The molecule has 0 saturated carbocycles. The molecule has 4 nitrogen and oxygen atoms in total. The van der Waals surface area contributed by atoms with Crippen molar-refractivity contribution in [3.63, 3.8) is 0 Å². The number of nitrogens with one attached hydrogen (secondary N) is 2. The minimum absolute atomic E-state index is 0.0366. The number of carbonyl (C=O) groups is 1. The van der Waals surface area contributed by atoms with E-state index in [9.17, 15) is 4.79 Å². The lowest BCUT2D eigenvalue weighted by atomic mass is 10.2. The maximum atomic E-state index is 11.8. The molecule has 0 aliphatic carbocycles. The maximum Gasteiger partial charge on any atom is 0.236 e. The Morgan fingerprint density at radius 2 is 2.28 bits per heavy atom. The summed E-state index contributed by atoms with van der Waals surface area (Å²) >= 11 is 1.70. The average molecular weight is 270 g/mol. The van der Waals surface area contributed by atoms with Gasteiger partial charge in [-0.3, -0.25) is 10.1 Å². The third-order valence-electron chi connectivity index (χ3n) is 2.69. The van der Waals surface area contributed by atoms with E-state index in [0.717, 1.165) is 6.42 Å². The van der Waals surface area contributed by atoms with Crippen molar-refractivity contribution in [2.75, 3.05) is 20.3 Å². The molecule has 0 fully saturated rings. The van der Waals surface area contributed by atoms with Gasteiger partial charge in [0.15, 0.2) is 0 Å². The molecule has 0 bridgehead atoms. The molecule has 0 radical (unpaired) electrons. The molecule has 1 aromatic rings. The van der Waals surface area contributed by atoms with Crippen molar-refractivity contribution in [2.45, 2.75) is 32.4 Å². The van der Waals surface area contributed by atoms with E-state index in [4.69, 9.17) is 4.74 Å². The van der Waals surface area contributed by atoms with E-state index >= 15 is 0 Å². The summed E-state index contributed by atoms with van der Waals surface area (Å²) in [6.07, 6.45) is 0.843. The number of hydrogen-bond donors (Lipinski definition) is 2. The molecule has 1 heterocycles. The summed E-state index contributed by atoms with van der Waals surface area (Å²) < 4.78 is 4.93. The number of thiophene rings is 1. The van der Waals surface area contributed by atoms with E-state index in [2.05, 4.69) is 23.6 Å². The Morgan fingerprint density at radius 3 is 2.89 bits per heavy atom. The van der Waals surface area contributed by atoms with E-state index in [0.29, 0.717) is 13.2 Å². The summed E-state index contributed by atoms with van der Waals surface area (Å²) in [7, 11) is 1.66. The fourth-order valence-electron chi connectivity index (χ4n) is 1.65. The molecular formula is C13H22N2O2S. The van der Waals surface area contributed by atoms with Gasteiger partial charge in [0.05, 0.1) is 6.04 Å². The van der Waals surface area contributed by atoms with Crippen molar-refractivity contribution in [3.8, 4) is 0 Å². The fourth-order valence-corrected chi connectivity index (χ4v) is 2.40. The fraction of sp³-hybridized carbons (Fsp3) is 0.615. The van der Waals surface area contributed by atoms with Crippen molar-refractivity contribution in [2.24, 2.45) is 0 Å². The van der Waals surface area contributed by atoms with Crippen LogP contribution in [0.2, 0.25) is 0 Å². The first-order valence-electron chi connectivity index (χ1n) is 6.21. The number of carbonyl (C=O) groups excluding carboxylic acids is 1. The van der Waals surface area contributed by atoms with Crippen LogP contribution in [0.3, 0.4) is 0 Å². The summed E-state index contributed by atoms with van der Waals surface area (Å²) in [5.74, 6) is 0.0366. The van der Waals surface area contributed by atoms with Crippen LogP contribution in [-0.2, 0) is 9.53 Å². The zero-order chi connectivity index (χ0) is 13.4. The Morgan fingerprint density at radius 1 is 1.50 bits per heavy atom. The van der Waals surface area contributed by atoms with Crippen LogP contribution in [0.5, 0.6) is 0 Å². The van der Waals surface area contributed by atoms with E-state index in [-0.39, 0.29) is 18.0 Å². The van der Waals surface area contributed by atoms with Gasteiger partial charge in [-0.1, -0.05) is 6.07 Å². The Bertz CT molecular complexity index is 341. The summed E-state index contributed by atoms with van der Waals surface area (Å²) in [6, 6.07) is 4.11. The predicted octanol–water partition coefficient (Wildman–Crippen LogP) is 1.94. The van der Waals surface area contributed by atoms with E-state index in [1.54, 1.807) is 18.4 Å². The highest BCUT2D eigenvalue weighted by molar-refractivity contribution is 7.10. The molecule has 102 valence electrons. The van der Waals surface area contributed by atoms with Gasteiger partial charge in [-0.05, 0) is 31.7 Å². The molecule has 0 saturated heterocycles. The lowest BCUT2D eigenvalue weighted by Crippen LogP contribution is -2.43. The van der Waals surface area contributed by atoms with Crippen LogP contribution < -0.4 is 10.6 Å². The molecule has 2 unspecified atom stereocenters. The average Bonchev–Trinajstić information content (AvgIpc) is 2.88. The van der Waals surface area contributed by atoms with Gasteiger partial charge in [0.1, 0.15) is 0 Å². The molecule has 18 heavy (non-hydrogen) atoms. The molecule has 2 atom stereocenters. The third-order valence-corrected chi connectivity index (χ3v) is 3.74. The van der Waals surface area contributed by atoms with Crippen LogP contribution in [0, 0.1) is 0 Å². The molecule has 0 aromatic carbocycles. The highest BCUT2D eigenvalue weighted by Crippen LogP contribution is 2.18. The number of hydrogen-bond acceptors (Lipinski definition) is 4. The first-order valence-corrected chi connectivity index (χ1v) is 7.09. The molecule has 0 aliphatic rings. The number of ether oxygens (including phenoxy) is 1. The number of amides is 1. The zero-order valence-corrected chi connectivity index (χ0v) is 12.0. The molecule has 1 rings (SSSR count). The third kappa shape index (κ3) is 5.16. The molecular weight excluding hydrogens is 248 g/mol. The van der Waals surface area contributed by atoms with Crippen LogP contribution in [0.25, 0.3) is 0 Å². The van der Waals surface area contributed by atoms with Gasteiger partial charge in [-0.25, -0.2) is 0 Å². The van der Waals surface area contributed by atoms with Crippen molar-refractivity contribution >= 4 is 17.2 Å². The van der Waals surface area contributed by atoms with E-state index < -0.39 is 0 Å². The van der Waals surface area contributed by atoms with Gasteiger partial charge in [-0.2, -0.15) is 0 Å². The quantitative estimate of drug-likeness (QED) is 0.710. The normalized spacial score (nSPS) is 14.2. The van der Waals surface area contributed by atoms with Crippen LogP contribution in [0.4, 0.5) is 0 Å². The van der Waals surface area contributed by atoms with Gasteiger partial charge < -0.3 is 10.1 Å². The lowest BCUT2D eigenvalue weighted by molar-refractivity contribution is -0.122. The predicted molar refractivity (Wildman–Crippen MR) is 74.8 cm³/mol. The van der Waals surface area contributed by atoms with Crippen LogP contribution in [0.15, 0.2) is 17.5 Å². The molecule has 1 aromatic heterocycles. The van der Waals surface area contributed by atoms with Crippen molar-refractivity contribution in [3.05, 3.63) is 22.4 Å². The van der Waals surface area contributed by atoms with Gasteiger partial charge in [-0.15, -0.1) is 11.3 Å². The Balaban J connectivity index is 2.27. The first kappa shape index (κ1) is 15.1. The van der Waals surface area contributed by atoms with E-state index in [1.807, 2.05) is 18.4 Å². The Labute approximate surface area is 113 Å². The lowest BCUT2D eigenvalue weighted by Gasteiger charge is -2.18. The molecule has 0 aliphatic heterocycles. The van der Waals surface area contributed by atoms with Crippen molar-refractivity contribution in [1.29, 1.82) is 0 Å². The Hall–Kier alpha value is -0.910. The van der Waals surface area contributed by atoms with Gasteiger partial charge in [0.2, 0.25) is 5.91 Å². The van der Waals surface area contributed by atoms with Gasteiger partial charge in [0, 0.05) is 31.2 Å². The first-order chi connectivity index (χ1) is 8.65. The van der Waals surface area contributed by atoms with E-state index in [1.165, 1.54) is 4.88 Å². The topological polar surface area (TPSA) is 50.4 Å². The van der Waals surface area contributed by atoms with Crippen LogP contribution >= 0.6 is 11.3 Å².